The van der Waals surface area contributed by atoms with Crippen molar-refractivity contribution >= 4 is 35.2 Å². The van der Waals surface area contributed by atoms with Crippen LogP contribution in [0, 0.1) is 0 Å². The second kappa shape index (κ2) is 7.45. The summed E-state index contributed by atoms with van der Waals surface area (Å²) >= 11 is 6.34. The van der Waals surface area contributed by atoms with E-state index in [1.807, 2.05) is 19.2 Å². The number of nitrogens with one attached hydrogen (secondary N) is 1. The number of benzene rings is 1. The van der Waals surface area contributed by atoms with Crippen LogP contribution < -0.4 is 15.0 Å². The molecule has 2 unspecified atom stereocenters. The van der Waals surface area contributed by atoms with E-state index >= 15 is 0 Å². The summed E-state index contributed by atoms with van der Waals surface area (Å²) in [5, 5.41) is 3.48. The van der Waals surface area contributed by atoms with Crippen LogP contribution in [-0.2, 0) is 22.4 Å². The Kier molecular flexibility index (Phi) is 4.75. The molecule has 8 nitrogen and oxygen atoms in total. The van der Waals surface area contributed by atoms with E-state index in [9.17, 15) is 9.59 Å². The summed E-state index contributed by atoms with van der Waals surface area (Å²) in [5.74, 6) is 0.961. The molecule has 30 heavy (non-hydrogen) atoms. The van der Waals surface area contributed by atoms with Crippen molar-refractivity contribution in [1.29, 1.82) is 0 Å². The highest BCUT2D eigenvalue weighted by Crippen LogP contribution is 2.32. The van der Waals surface area contributed by atoms with E-state index < -0.39 is 6.09 Å². The number of cyclic esters (lactones) is 1. The number of hydrogen-bond acceptors (Lipinski definition) is 6. The smallest absolute Gasteiger partial charge is 0.416 e. The number of carbonyl (C=O) groups is 2. The fourth-order valence-electron chi connectivity index (χ4n) is 4.27. The number of ether oxygens (including phenoxy) is 2. The van der Waals surface area contributed by atoms with Gasteiger partial charge in [0.15, 0.2) is 18.2 Å². The van der Waals surface area contributed by atoms with Crippen LogP contribution in [0.1, 0.15) is 11.1 Å². The summed E-state index contributed by atoms with van der Waals surface area (Å²) in [6.07, 6.45) is 1.11. The largest absolute Gasteiger partial charge is 0.480 e. The van der Waals surface area contributed by atoms with E-state index in [4.69, 9.17) is 21.1 Å². The molecule has 9 heteroatoms. The van der Waals surface area contributed by atoms with Crippen molar-refractivity contribution in [3.05, 3.63) is 46.5 Å². The average molecular weight is 429 g/mol. The number of hydrogen-bond donors (Lipinski definition) is 1. The van der Waals surface area contributed by atoms with Gasteiger partial charge in [-0.2, -0.15) is 0 Å². The first-order valence-corrected chi connectivity index (χ1v) is 10.2. The summed E-state index contributed by atoms with van der Waals surface area (Å²) in [7, 11) is 2.05. The molecule has 2 amide bonds. The first-order valence-electron chi connectivity index (χ1n) is 9.86. The highest BCUT2D eigenvalue weighted by atomic mass is 35.5. The Morgan fingerprint density at radius 1 is 1.27 bits per heavy atom. The van der Waals surface area contributed by atoms with Crippen molar-refractivity contribution in [3.63, 3.8) is 0 Å². The number of amides is 2. The van der Waals surface area contributed by atoms with Crippen LogP contribution in [0.4, 0.5) is 16.4 Å². The zero-order valence-corrected chi connectivity index (χ0v) is 17.2. The summed E-state index contributed by atoms with van der Waals surface area (Å²) in [4.78, 5) is 32.1. The minimum absolute atomic E-state index is 0.0373. The number of halogens is 1. The Balaban J connectivity index is 1.24. The molecule has 0 spiro atoms. The summed E-state index contributed by atoms with van der Waals surface area (Å²) < 4.78 is 10.9. The normalized spacial score (nSPS) is 22.4. The second-order valence-corrected chi connectivity index (χ2v) is 8.26. The molecule has 2 aromatic rings. The van der Waals surface area contributed by atoms with Gasteiger partial charge in [0.2, 0.25) is 0 Å². The lowest BCUT2D eigenvalue weighted by Gasteiger charge is -2.26. The van der Waals surface area contributed by atoms with Gasteiger partial charge >= 0.3 is 6.09 Å². The molecule has 1 fully saturated rings. The summed E-state index contributed by atoms with van der Waals surface area (Å²) in [6, 6.07) is 9.75. The minimum atomic E-state index is -0.443. The zero-order chi connectivity index (χ0) is 20.8. The third-order valence-electron chi connectivity index (χ3n) is 5.84. The van der Waals surface area contributed by atoms with Gasteiger partial charge in [0.1, 0.15) is 11.9 Å². The molecule has 0 radical (unpaired) electrons. The van der Waals surface area contributed by atoms with Crippen LogP contribution in [0.25, 0.3) is 0 Å². The fraction of sp³-hybridized carbons (Fsp3) is 0.381. The van der Waals surface area contributed by atoms with E-state index in [2.05, 4.69) is 21.3 Å². The maximum absolute atomic E-state index is 12.5. The fourth-order valence-corrected chi connectivity index (χ4v) is 4.55. The molecule has 1 aromatic carbocycles. The Morgan fingerprint density at radius 2 is 2.13 bits per heavy atom. The van der Waals surface area contributed by atoms with Gasteiger partial charge in [-0.3, -0.25) is 14.6 Å². The summed E-state index contributed by atoms with van der Waals surface area (Å²) in [5.41, 5.74) is 2.50. The van der Waals surface area contributed by atoms with E-state index in [0.29, 0.717) is 36.5 Å². The van der Waals surface area contributed by atoms with Crippen LogP contribution >= 0.6 is 11.6 Å². The molecule has 0 saturated carbocycles. The molecule has 3 aliphatic rings. The van der Waals surface area contributed by atoms with Crippen LogP contribution in [0.15, 0.2) is 30.3 Å². The highest BCUT2D eigenvalue weighted by molar-refractivity contribution is 6.31. The molecular formula is C21H21ClN4O4. The molecule has 0 bridgehead atoms. The number of likely N-dealkylation sites (N-methyl/N-ethyl adjacent to an activating group) is 1. The van der Waals surface area contributed by atoms with Crippen molar-refractivity contribution in [2.24, 2.45) is 0 Å². The molecule has 3 heterocycles. The van der Waals surface area contributed by atoms with Crippen molar-refractivity contribution in [2.45, 2.75) is 25.0 Å². The monoisotopic (exact) mass is 428 g/mol. The minimum Gasteiger partial charge on any atom is -0.480 e. The molecule has 156 valence electrons. The number of carbonyl (C=O) groups excluding carboxylic acids is 2. The van der Waals surface area contributed by atoms with Crippen molar-refractivity contribution < 1.29 is 19.1 Å². The van der Waals surface area contributed by atoms with Crippen LogP contribution in [0.2, 0.25) is 5.02 Å². The topological polar surface area (TPSA) is 84.0 Å². The third-order valence-corrected chi connectivity index (χ3v) is 6.19. The standard InChI is InChI=1S/C21H21ClN4O4/c1-25(13-7-12-3-2-4-16(22)15(12)8-13)9-14-10-26(21(28)30-14)18-6-5-17-20(23-18)24-19(27)11-29-17/h2-6,13-14H,7-11H2,1H3,(H,23,24,27). The van der Waals surface area contributed by atoms with E-state index in [1.165, 1.54) is 16.0 Å². The van der Waals surface area contributed by atoms with Crippen molar-refractivity contribution in [2.75, 3.05) is 37.0 Å². The molecule has 5 rings (SSSR count). The zero-order valence-electron chi connectivity index (χ0n) is 16.4. The number of pyridine rings is 1. The lowest BCUT2D eigenvalue weighted by atomic mass is 10.1. The number of fused-ring (bicyclic) bond motifs is 2. The Bertz CT molecular complexity index is 1030. The Hall–Kier alpha value is -2.84. The van der Waals surface area contributed by atoms with Crippen molar-refractivity contribution in [3.8, 4) is 5.75 Å². The highest BCUT2D eigenvalue weighted by Gasteiger charge is 2.36. The first kappa shape index (κ1) is 19.1. The lowest BCUT2D eigenvalue weighted by Crippen LogP contribution is -2.39. The van der Waals surface area contributed by atoms with Gasteiger partial charge in [-0.25, -0.2) is 9.78 Å². The molecular weight excluding hydrogens is 408 g/mol. The Morgan fingerprint density at radius 3 is 2.97 bits per heavy atom. The maximum atomic E-state index is 12.5. The molecule has 1 saturated heterocycles. The average Bonchev–Trinajstić information content (AvgIpc) is 3.32. The van der Waals surface area contributed by atoms with Crippen molar-refractivity contribution in [1.82, 2.24) is 9.88 Å². The quantitative estimate of drug-likeness (QED) is 0.805. The van der Waals surface area contributed by atoms with E-state index in [-0.39, 0.29) is 18.6 Å². The predicted molar refractivity (Wildman–Crippen MR) is 111 cm³/mol. The molecule has 1 aliphatic carbocycles. The van der Waals surface area contributed by atoms with Gasteiger partial charge in [-0.05, 0) is 49.2 Å². The Labute approximate surface area is 178 Å². The number of anilines is 2. The van der Waals surface area contributed by atoms with Crippen LogP contribution in [0.3, 0.4) is 0 Å². The molecule has 2 atom stereocenters. The van der Waals surface area contributed by atoms with Crippen LogP contribution in [-0.4, -0.2) is 60.8 Å². The third kappa shape index (κ3) is 3.46. The van der Waals surface area contributed by atoms with E-state index in [0.717, 1.165) is 17.9 Å². The van der Waals surface area contributed by atoms with Gasteiger partial charge in [0.25, 0.3) is 5.91 Å². The van der Waals surface area contributed by atoms with Gasteiger partial charge in [-0.1, -0.05) is 23.7 Å². The first-order chi connectivity index (χ1) is 14.5. The van der Waals surface area contributed by atoms with Gasteiger partial charge in [0.05, 0.1) is 6.54 Å². The maximum Gasteiger partial charge on any atom is 0.416 e. The molecule has 1 N–H and O–H groups in total. The van der Waals surface area contributed by atoms with Gasteiger partial charge in [-0.15, -0.1) is 0 Å². The number of aromatic nitrogens is 1. The number of nitrogens with zero attached hydrogens (tertiary/aromatic N) is 3. The van der Waals surface area contributed by atoms with Crippen LogP contribution in [0.5, 0.6) is 5.75 Å². The van der Waals surface area contributed by atoms with E-state index in [1.54, 1.807) is 12.1 Å². The van der Waals surface area contributed by atoms with Gasteiger partial charge in [0, 0.05) is 17.6 Å². The molecule has 2 aliphatic heterocycles. The lowest BCUT2D eigenvalue weighted by molar-refractivity contribution is -0.118. The predicted octanol–water partition coefficient (Wildman–Crippen LogP) is 2.49. The molecule has 1 aromatic heterocycles. The summed E-state index contributed by atoms with van der Waals surface area (Å²) in [6.45, 7) is 0.970. The van der Waals surface area contributed by atoms with Gasteiger partial charge < -0.3 is 14.8 Å². The number of rotatable bonds is 4. The second-order valence-electron chi connectivity index (χ2n) is 7.85. The SMILES string of the molecule is CN(CC1CN(c2ccc3c(n2)NC(=O)CO3)C(=O)O1)C1Cc2cccc(Cl)c2C1.